The van der Waals surface area contributed by atoms with Crippen LogP contribution in [0.2, 0.25) is 0 Å². The zero-order chi connectivity index (χ0) is 55.0. The van der Waals surface area contributed by atoms with Crippen LogP contribution in [-0.2, 0) is 44.9 Å². The number of ether oxygens (including phenoxy) is 1. The number of carboxylic acids is 3. The Labute approximate surface area is 466 Å². The number of urea groups is 1. The van der Waals surface area contributed by atoms with Gasteiger partial charge in [0, 0.05) is 83.8 Å². The molecule has 0 aliphatic carbocycles. The number of nitrogens with zero attached hydrogens (tertiary/aromatic N) is 4. The van der Waals surface area contributed by atoms with E-state index in [0.29, 0.717) is 44.9 Å². The molecule has 0 radical (unpaired) electrons. The molecule has 1 aliphatic heterocycles. The van der Waals surface area contributed by atoms with Gasteiger partial charge in [0.05, 0.1) is 30.6 Å². The number of rotatable bonds is 30. The number of unbranched alkanes of at least 4 members (excludes halogenated alkanes) is 5. The van der Waals surface area contributed by atoms with Crippen molar-refractivity contribution in [3.05, 3.63) is 35.9 Å². The normalized spacial score (nSPS) is 15.2. The topological polar surface area (TPSA) is 408 Å². The van der Waals surface area contributed by atoms with E-state index >= 15 is 0 Å². The van der Waals surface area contributed by atoms with Gasteiger partial charge in [0.1, 0.15) is 30.9 Å². The van der Waals surface area contributed by atoms with Gasteiger partial charge in [-0.15, -0.1) is 0 Å². The summed E-state index contributed by atoms with van der Waals surface area (Å²) in [7, 11) is 0. The first kappa shape index (κ1) is 69.8. The maximum Gasteiger partial charge on any atom is 3.00 e. The van der Waals surface area contributed by atoms with Crippen molar-refractivity contribution in [3.63, 3.8) is 0 Å². The van der Waals surface area contributed by atoms with Crippen LogP contribution in [-0.4, -0.2) is 215 Å². The molecular weight excluding hydrogens is 1120 g/mol. The molecule has 1 saturated heterocycles. The standard InChI is InChI=1S/C47H73N9O18.2Ga/c1-32-29-56(47(72)73)28-26-54(46(70)71)24-23-53(45(68)69)25-27-55(32)30-39(59)49-22-12-10-16-36(43(66)74-31-33-13-5-4-6-14-33)50-38(58)18-8-3-2-7-17-37(57)48-21-11-9-15-34(41(62)63)51-44(67)52-35(42(64)65)19-20-40(60)61;;/h4-6,13-14,32,34-36H,2-3,7-12,15-31H2,1H3,(H,48,57)(H,49,59)(H,50,58)(H,60,61)(H,62,63)(H,64,65)(H,68,69)(H,70,71)(H,72,73)(H2,51,52,67);;/q;2*+3/p-6. The number of esters is 1. The van der Waals surface area contributed by atoms with Gasteiger partial charge in [-0.3, -0.25) is 19.3 Å². The fourth-order valence-electron chi connectivity index (χ4n) is 7.59. The minimum Gasteiger partial charge on any atom is -0.550 e. The molecule has 2 rings (SSSR count). The molecule has 1 aromatic carbocycles. The van der Waals surface area contributed by atoms with Crippen LogP contribution in [0.1, 0.15) is 102 Å². The minimum atomic E-state index is -1.77. The molecule has 4 atom stereocenters. The molecule has 414 valence electrons. The molecule has 8 amide bonds. The van der Waals surface area contributed by atoms with Gasteiger partial charge in [-0.1, -0.05) is 43.2 Å². The first-order valence-corrected chi connectivity index (χ1v) is 24.5. The molecule has 29 heteroatoms. The third-order valence-corrected chi connectivity index (χ3v) is 11.9. The maximum atomic E-state index is 13.2. The summed E-state index contributed by atoms with van der Waals surface area (Å²) in [4.78, 5) is 137. The molecule has 27 nitrogen and oxygen atoms in total. The van der Waals surface area contributed by atoms with Crippen molar-refractivity contribution in [1.82, 2.24) is 46.2 Å². The van der Waals surface area contributed by atoms with Gasteiger partial charge in [-0.25, -0.2) is 9.59 Å². The van der Waals surface area contributed by atoms with Crippen molar-refractivity contribution in [1.29, 1.82) is 0 Å². The van der Waals surface area contributed by atoms with Gasteiger partial charge < -0.3 is 105 Å². The van der Waals surface area contributed by atoms with Crippen molar-refractivity contribution >= 4 is 105 Å². The third-order valence-electron chi connectivity index (χ3n) is 11.9. The molecule has 0 saturated carbocycles. The van der Waals surface area contributed by atoms with Gasteiger partial charge in [0.2, 0.25) is 17.7 Å². The average Bonchev–Trinajstić information content (AvgIpc) is 3.33. The first-order chi connectivity index (χ1) is 35.2. The molecule has 1 heterocycles. The molecule has 1 aromatic rings. The molecule has 5 N–H and O–H groups in total. The van der Waals surface area contributed by atoms with Crippen LogP contribution in [0.15, 0.2) is 30.3 Å². The Morgan fingerprint density at radius 1 is 0.539 bits per heavy atom. The summed E-state index contributed by atoms with van der Waals surface area (Å²) in [5.74, 6) is -6.71. The molecule has 1 aliphatic rings. The fraction of sp³-hybridized carbons (Fsp3) is 0.638. The smallest absolute Gasteiger partial charge is 0.550 e. The van der Waals surface area contributed by atoms with Crippen LogP contribution >= 0.6 is 0 Å². The monoisotopic (exact) mass is 1180 g/mol. The number of benzene rings is 1. The van der Waals surface area contributed by atoms with Gasteiger partial charge in [-0.2, -0.15) is 0 Å². The van der Waals surface area contributed by atoms with Gasteiger partial charge in [-0.05, 0) is 76.7 Å². The van der Waals surface area contributed by atoms with Crippen LogP contribution < -0.4 is 57.2 Å². The van der Waals surface area contributed by atoms with Crippen LogP contribution in [0.25, 0.3) is 0 Å². The van der Waals surface area contributed by atoms with Crippen molar-refractivity contribution < 1.29 is 88.1 Å². The van der Waals surface area contributed by atoms with Crippen LogP contribution in [0.3, 0.4) is 0 Å². The summed E-state index contributed by atoms with van der Waals surface area (Å²) in [6, 6.07) is 2.91. The van der Waals surface area contributed by atoms with Crippen molar-refractivity contribution in [2.75, 3.05) is 65.4 Å². The summed E-state index contributed by atoms with van der Waals surface area (Å²) < 4.78 is 5.51. The van der Waals surface area contributed by atoms with E-state index in [-0.39, 0.29) is 150 Å². The number of amides is 8. The van der Waals surface area contributed by atoms with E-state index < -0.39 is 97.0 Å². The van der Waals surface area contributed by atoms with Crippen LogP contribution in [0.5, 0.6) is 0 Å². The minimum absolute atomic E-state index is 0. The molecule has 4 unspecified atom stereocenters. The largest absolute Gasteiger partial charge is 3.00 e. The summed E-state index contributed by atoms with van der Waals surface area (Å²) in [5, 5.41) is 80.8. The SMILES string of the molecule is CC1CN(C(=O)[O-])CCN(C(=O)[O-])CCN(C(=O)[O-])CCN1CC(=O)NCCCCC(NC(=O)CCCCCCC(=O)NCCCCC(NC(=O)NC(CCC(=O)[O-])C(=O)[O-])C(=O)[O-])C(=O)OCc1ccccc1.[Ga+3].[Ga+3]. The first-order valence-electron chi connectivity index (χ1n) is 24.5. The van der Waals surface area contributed by atoms with Crippen molar-refractivity contribution in [2.45, 2.75) is 128 Å². The number of carbonyl (C=O) groups is 11. The van der Waals surface area contributed by atoms with E-state index in [4.69, 9.17) is 4.74 Å². The molecular formula is C47H67Ga2N9O18. The predicted molar refractivity (Wildman–Crippen MR) is 257 cm³/mol. The van der Waals surface area contributed by atoms with Gasteiger partial charge in [0.25, 0.3) is 0 Å². The number of carbonyl (C=O) groups excluding carboxylic acids is 11. The Bertz CT molecular complexity index is 2030. The number of aliphatic carboxylic acids is 3. The van der Waals surface area contributed by atoms with E-state index in [1.165, 1.54) is 0 Å². The summed E-state index contributed by atoms with van der Waals surface area (Å²) in [5.41, 5.74) is 0.736. The summed E-state index contributed by atoms with van der Waals surface area (Å²) >= 11 is 0. The summed E-state index contributed by atoms with van der Waals surface area (Å²) in [6.07, 6.45) is -2.10. The Hall–Kier alpha value is -6.18. The number of hydrogen-bond donors (Lipinski definition) is 5. The molecule has 1 fully saturated rings. The molecule has 0 spiro atoms. The van der Waals surface area contributed by atoms with Gasteiger partial charge >= 0.3 is 51.6 Å². The van der Waals surface area contributed by atoms with E-state index in [1.54, 1.807) is 36.1 Å². The van der Waals surface area contributed by atoms with Crippen molar-refractivity contribution in [3.8, 4) is 0 Å². The Balaban J connectivity index is 0.0000281. The van der Waals surface area contributed by atoms with E-state index in [2.05, 4.69) is 21.3 Å². The molecule has 0 bridgehead atoms. The number of nitrogens with one attached hydrogen (secondary N) is 5. The summed E-state index contributed by atoms with van der Waals surface area (Å²) in [6.45, 7) is 0.206. The number of carboxylic acid groups (broad SMARTS) is 6. The van der Waals surface area contributed by atoms with Gasteiger partial charge in [0.15, 0.2) is 0 Å². The second-order valence-electron chi connectivity index (χ2n) is 17.6. The van der Waals surface area contributed by atoms with E-state index in [0.717, 1.165) is 20.3 Å². The number of hydrogen-bond acceptors (Lipinski definition) is 19. The Morgan fingerprint density at radius 3 is 1.53 bits per heavy atom. The van der Waals surface area contributed by atoms with Crippen LogP contribution in [0, 0.1) is 0 Å². The second-order valence-corrected chi connectivity index (χ2v) is 17.6. The van der Waals surface area contributed by atoms with E-state index in [9.17, 15) is 83.4 Å². The van der Waals surface area contributed by atoms with Crippen molar-refractivity contribution in [2.24, 2.45) is 0 Å². The molecule has 76 heavy (non-hydrogen) atoms. The zero-order valence-electron chi connectivity index (χ0n) is 42.7. The molecule has 0 aromatic heterocycles. The average molecular weight is 1190 g/mol. The second kappa shape index (κ2) is 39.2. The Kier molecular flexibility index (Phi) is 36.0. The van der Waals surface area contributed by atoms with E-state index in [1.807, 2.05) is 11.4 Å². The predicted octanol–water partition coefficient (Wildman–Crippen LogP) is -6.93. The Morgan fingerprint density at radius 2 is 1.01 bits per heavy atom. The third kappa shape index (κ3) is 30.4. The maximum absolute atomic E-state index is 13.2. The fourth-order valence-corrected chi connectivity index (χ4v) is 7.59. The quantitative estimate of drug-likeness (QED) is 0.0271. The zero-order valence-corrected chi connectivity index (χ0v) is 47.5. The van der Waals surface area contributed by atoms with Crippen LogP contribution in [0.4, 0.5) is 19.2 Å².